The number of anilines is 1. The van der Waals surface area contributed by atoms with E-state index < -0.39 is 17.9 Å². The van der Waals surface area contributed by atoms with Crippen LogP contribution in [0.4, 0.5) is 10.5 Å². The van der Waals surface area contributed by atoms with Crippen molar-refractivity contribution in [2.24, 2.45) is 15.9 Å². The maximum absolute atomic E-state index is 12.6. The second-order valence-corrected chi connectivity index (χ2v) is 6.88. The molecule has 1 aromatic carbocycles. The highest BCUT2D eigenvalue weighted by Gasteiger charge is 2.34. The van der Waals surface area contributed by atoms with Gasteiger partial charge in [0.25, 0.3) is 0 Å². The third-order valence-corrected chi connectivity index (χ3v) is 5.21. The Kier molecular flexibility index (Phi) is 5.51. The summed E-state index contributed by atoms with van der Waals surface area (Å²) in [6.45, 7) is 4.15. The van der Waals surface area contributed by atoms with Gasteiger partial charge in [-0.15, -0.1) is 0 Å². The van der Waals surface area contributed by atoms with Crippen molar-refractivity contribution < 1.29 is 19.1 Å². The van der Waals surface area contributed by atoms with Crippen LogP contribution >= 0.6 is 11.8 Å². The van der Waals surface area contributed by atoms with Gasteiger partial charge < -0.3 is 9.64 Å². The monoisotopic (exact) mass is 373 g/mol. The van der Waals surface area contributed by atoms with Gasteiger partial charge in [0.1, 0.15) is 5.92 Å². The molecule has 0 aliphatic carbocycles. The molecule has 8 heteroatoms. The fraction of sp³-hybridized carbons (Fsp3) is 0.389. The first kappa shape index (κ1) is 18.3. The van der Waals surface area contributed by atoms with Crippen LogP contribution in [0.5, 0.6) is 0 Å². The Morgan fingerprint density at radius 1 is 1.31 bits per heavy atom. The number of aliphatic imine (C=N–C) groups is 2. The molecular formula is C18H19N3O4S. The second kappa shape index (κ2) is 7.82. The van der Waals surface area contributed by atoms with Gasteiger partial charge in [0.2, 0.25) is 5.91 Å². The second-order valence-electron chi connectivity index (χ2n) is 5.88. The minimum Gasteiger partial charge on any atom is -0.465 e. The van der Waals surface area contributed by atoms with Crippen molar-refractivity contribution in [2.75, 3.05) is 23.8 Å². The molecule has 0 aromatic heterocycles. The average Bonchev–Trinajstić information content (AvgIpc) is 3.03. The number of hydrogen-bond donors (Lipinski definition) is 0. The smallest absolute Gasteiger partial charge is 0.367 e. The first-order valence-corrected chi connectivity index (χ1v) is 9.35. The fourth-order valence-corrected chi connectivity index (χ4v) is 4.00. The number of carbonyl (C=O) groups is 3. The number of thioether (sulfide) groups is 1. The maximum Gasteiger partial charge on any atom is 0.367 e. The predicted molar refractivity (Wildman–Crippen MR) is 101 cm³/mol. The molecule has 2 aliphatic rings. The Hall–Kier alpha value is -2.48. The lowest BCUT2D eigenvalue weighted by atomic mass is 10.1. The van der Waals surface area contributed by atoms with Crippen molar-refractivity contribution in [3.05, 3.63) is 29.8 Å². The number of para-hydroxylation sites is 1. The number of hydrogen-bond acceptors (Lipinski definition) is 5. The first-order chi connectivity index (χ1) is 12.5. The van der Waals surface area contributed by atoms with E-state index in [1.807, 2.05) is 24.3 Å². The van der Waals surface area contributed by atoms with Gasteiger partial charge in [-0.3, -0.25) is 9.59 Å². The van der Waals surface area contributed by atoms with Gasteiger partial charge in [-0.1, -0.05) is 30.0 Å². The zero-order valence-corrected chi connectivity index (χ0v) is 15.4. The number of ether oxygens (including phenoxy) is 1. The number of esters is 1. The van der Waals surface area contributed by atoms with Crippen LogP contribution in [0.15, 0.2) is 34.3 Å². The Balaban J connectivity index is 1.70. The summed E-state index contributed by atoms with van der Waals surface area (Å²) in [6.07, 6.45) is 0.823. The largest absolute Gasteiger partial charge is 0.465 e. The number of benzene rings is 1. The van der Waals surface area contributed by atoms with Crippen LogP contribution in [0, 0.1) is 5.92 Å². The zero-order chi connectivity index (χ0) is 18.7. The Morgan fingerprint density at radius 3 is 2.85 bits per heavy atom. The highest BCUT2D eigenvalue weighted by molar-refractivity contribution is 8.14. The Morgan fingerprint density at radius 2 is 2.08 bits per heavy atom. The van der Waals surface area contributed by atoms with E-state index in [0.717, 1.165) is 29.4 Å². The highest BCUT2D eigenvalue weighted by atomic mass is 32.2. The fourth-order valence-electron chi connectivity index (χ4n) is 3.00. The van der Waals surface area contributed by atoms with Crippen molar-refractivity contribution >= 4 is 46.1 Å². The number of amides is 3. The molecular weight excluding hydrogens is 354 g/mol. The zero-order valence-electron chi connectivity index (χ0n) is 14.6. The summed E-state index contributed by atoms with van der Waals surface area (Å²) in [5.41, 5.74) is 2.40. The Bertz CT molecular complexity index is 818. The van der Waals surface area contributed by atoms with Gasteiger partial charge in [-0.2, -0.15) is 9.98 Å². The molecule has 0 bridgehead atoms. The summed E-state index contributed by atoms with van der Waals surface area (Å²) in [6, 6.07) is 7.12. The Labute approximate surface area is 155 Å². The molecule has 0 saturated carbocycles. The summed E-state index contributed by atoms with van der Waals surface area (Å²) < 4.78 is 5.05. The molecule has 7 nitrogen and oxygen atoms in total. The molecule has 3 amide bonds. The molecule has 26 heavy (non-hydrogen) atoms. The molecule has 136 valence electrons. The van der Waals surface area contributed by atoms with E-state index in [1.54, 1.807) is 18.7 Å². The standard InChI is InChI=1S/C18H19N3O4S/c1-3-25-17(23)15-11(2)19-18(24)20-16(15)26-10-14(22)21-9-8-12-6-4-5-7-13(12)21/h4-7,15H,3,8-10H2,1-2H3. The lowest BCUT2D eigenvalue weighted by Crippen LogP contribution is -2.36. The molecule has 1 atom stereocenters. The molecule has 0 spiro atoms. The van der Waals surface area contributed by atoms with E-state index in [0.29, 0.717) is 12.3 Å². The lowest BCUT2D eigenvalue weighted by Gasteiger charge is -2.21. The van der Waals surface area contributed by atoms with Gasteiger partial charge in [0, 0.05) is 17.9 Å². The van der Waals surface area contributed by atoms with Crippen LogP contribution < -0.4 is 4.90 Å². The molecule has 3 rings (SSSR count). The van der Waals surface area contributed by atoms with Gasteiger partial charge >= 0.3 is 12.0 Å². The number of nitrogens with zero attached hydrogens (tertiary/aromatic N) is 3. The van der Waals surface area contributed by atoms with Crippen molar-refractivity contribution in [1.29, 1.82) is 0 Å². The van der Waals surface area contributed by atoms with Crippen LogP contribution in [0.2, 0.25) is 0 Å². The van der Waals surface area contributed by atoms with Crippen LogP contribution in [0.3, 0.4) is 0 Å². The molecule has 0 fully saturated rings. The third kappa shape index (κ3) is 3.70. The minimum atomic E-state index is -0.823. The van der Waals surface area contributed by atoms with Gasteiger partial charge in [-0.25, -0.2) is 4.79 Å². The number of urea groups is 1. The van der Waals surface area contributed by atoms with Crippen LogP contribution in [0.1, 0.15) is 19.4 Å². The van der Waals surface area contributed by atoms with Gasteiger partial charge in [0.05, 0.1) is 17.4 Å². The molecule has 1 aromatic rings. The first-order valence-electron chi connectivity index (χ1n) is 8.36. The lowest BCUT2D eigenvalue weighted by molar-refractivity contribution is -0.143. The van der Waals surface area contributed by atoms with E-state index >= 15 is 0 Å². The van der Waals surface area contributed by atoms with Crippen LogP contribution in [-0.4, -0.2) is 47.6 Å². The van der Waals surface area contributed by atoms with E-state index in [4.69, 9.17) is 4.74 Å². The molecule has 2 heterocycles. The van der Waals surface area contributed by atoms with Crippen molar-refractivity contribution in [3.63, 3.8) is 0 Å². The van der Waals surface area contributed by atoms with Gasteiger partial charge in [0.15, 0.2) is 0 Å². The molecule has 0 N–H and O–H groups in total. The van der Waals surface area contributed by atoms with Crippen molar-refractivity contribution in [1.82, 2.24) is 0 Å². The highest BCUT2D eigenvalue weighted by Crippen LogP contribution is 2.29. The van der Waals surface area contributed by atoms with Crippen molar-refractivity contribution in [3.8, 4) is 0 Å². The molecule has 1 unspecified atom stereocenters. The third-order valence-electron chi connectivity index (χ3n) is 4.20. The van der Waals surface area contributed by atoms with E-state index in [1.165, 1.54) is 0 Å². The number of rotatable bonds is 4. The molecule has 0 radical (unpaired) electrons. The molecule has 0 saturated heterocycles. The number of carbonyl (C=O) groups excluding carboxylic acids is 3. The molecule has 2 aliphatic heterocycles. The van der Waals surface area contributed by atoms with E-state index in [2.05, 4.69) is 9.98 Å². The van der Waals surface area contributed by atoms with Crippen LogP contribution in [-0.2, 0) is 20.7 Å². The summed E-state index contributed by atoms with van der Waals surface area (Å²) >= 11 is 1.09. The normalized spacial score (nSPS) is 18.9. The van der Waals surface area contributed by atoms with E-state index in [9.17, 15) is 14.4 Å². The minimum absolute atomic E-state index is 0.0853. The summed E-state index contributed by atoms with van der Waals surface area (Å²) in [5, 5.41) is 0.266. The van der Waals surface area contributed by atoms with Crippen molar-refractivity contribution in [2.45, 2.75) is 20.3 Å². The van der Waals surface area contributed by atoms with Crippen LogP contribution in [0.25, 0.3) is 0 Å². The van der Waals surface area contributed by atoms with E-state index in [-0.39, 0.29) is 23.3 Å². The quantitative estimate of drug-likeness (QED) is 0.757. The average molecular weight is 373 g/mol. The summed E-state index contributed by atoms with van der Waals surface area (Å²) in [7, 11) is 0. The topological polar surface area (TPSA) is 88.4 Å². The maximum atomic E-state index is 12.6. The summed E-state index contributed by atoms with van der Waals surface area (Å²) in [4.78, 5) is 45.8. The number of fused-ring (bicyclic) bond motifs is 1. The predicted octanol–water partition coefficient (Wildman–Crippen LogP) is 2.48. The van der Waals surface area contributed by atoms with Gasteiger partial charge in [-0.05, 0) is 31.9 Å². The SMILES string of the molecule is CCOC(=O)C1C(C)=NC(=O)N=C1SCC(=O)N1CCc2ccccc21. The summed E-state index contributed by atoms with van der Waals surface area (Å²) in [5.74, 6) is -1.33.